The Kier molecular flexibility index (Phi) is 4.91. The van der Waals surface area contributed by atoms with Crippen LogP contribution in [0.1, 0.15) is 39.5 Å². The maximum absolute atomic E-state index is 12.1. The van der Waals surface area contributed by atoms with E-state index >= 15 is 0 Å². The molecule has 0 aromatic carbocycles. The van der Waals surface area contributed by atoms with E-state index in [-0.39, 0.29) is 24.3 Å². The molecule has 0 radical (unpaired) electrons. The van der Waals surface area contributed by atoms with Gasteiger partial charge in [0.15, 0.2) is 0 Å². The summed E-state index contributed by atoms with van der Waals surface area (Å²) in [4.78, 5) is 0. The summed E-state index contributed by atoms with van der Waals surface area (Å²) in [7, 11) is -3.45. The zero-order chi connectivity index (χ0) is 13.1. The van der Waals surface area contributed by atoms with Crippen LogP contribution in [0.25, 0.3) is 0 Å². The molecule has 1 fully saturated rings. The standard InChI is InChI=1S/C10H22N4O2S/c1-8(7-10(11)12)13-17(15,16)14-6-4-3-5-9(14)2/h8-9,13H,3-7H2,1-2H3,(H3,11,12). The molecule has 1 aliphatic rings. The van der Waals surface area contributed by atoms with Crippen LogP contribution in [0.5, 0.6) is 0 Å². The summed E-state index contributed by atoms with van der Waals surface area (Å²) in [6.45, 7) is 4.21. The summed E-state index contributed by atoms with van der Waals surface area (Å²) in [6, 6.07) is -0.294. The predicted molar refractivity (Wildman–Crippen MR) is 68.1 cm³/mol. The largest absolute Gasteiger partial charge is 0.388 e. The van der Waals surface area contributed by atoms with Gasteiger partial charge in [0, 0.05) is 25.0 Å². The third-order valence-electron chi connectivity index (χ3n) is 2.93. The Labute approximate surface area is 103 Å². The zero-order valence-corrected chi connectivity index (χ0v) is 11.3. The minimum atomic E-state index is -3.45. The third kappa shape index (κ3) is 4.25. The first-order chi connectivity index (χ1) is 7.83. The van der Waals surface area contributed by atoms with Crippen LogP contribution in [0.3, 0.4) is 0 Å². The van der Waals surface area contributed by atoms with Crippen LogP contribution < -0.4 is 10.5 Å². The lowest BCUT2D eigenvalue weighted by molar-refractivity contribution is 0.264. The highest BCUT2D eigenvalue weighted by Gasteiger charge is 2.30. The number of hydrogen-bond donors (Lipinski definition) is 3. The molecule has 0 amide bonds. The third-order valence-corrected chi connectivity index (χ3v) is 4.79. The molecule has 0 aliphatic carbocycles. The second-order valence-corrected chi connectivity index (χ2v) is 6.36. The quantitative estimate of drug-likeness (QED) is 0.494. The summed E-state index contributed by atoms with van der Waals surface area (Å²) in [5.41, 5.74) is 5.25. The van der Waals surface area contributed by atoms with Gasteiger partial charge in [-0.05, 0) is 26.7 Å². The van der Waals surface area contributed by atoms with E-state index in [9.17, 15) is 8.42 Å². The Morgan fingerprint density at radius 2 is 2.24 bits per heavy atom. The zero-order valence-electron chi connectivity index (χ0n) is 10.4. The van der Waals surface area contributed by atoms with E-state index in [1.54, 1.807) is 6.92 Å². The lowest BCUT2D eigenvalue weighted by Gasteiger charge is -2.33. The lowest BCUT2D eigenvalue weighted by Crippen LogP contribution is -2.50. The summed E-state index contributed by atoms with van der Waals surface area (Å²) < 4.78 is 28.3. The molecule has 0 aromatic heterocycles. The van der Waals surface area contributed by atoms with Gasteiger partial charge in [0.2, 0.25) is 0 Å². The van der Waals surface area contributed by atoms with Gasteiger partial charge in [0.1, 0.15) is 0 Å². The van der Waals surface area contributed by atoms with E-state index in [1.807, 2.05) is 6.92 Å². The minimum absolute atomic E-state index is 0.00751. The topological polar surface area (TPSA) is 99.3 Å². The molecule has 7 heteroatoms. The van der Waals surface area contributed by atoms with Gasteiger partial charge < -0.3 is 5.73 Å². The first-order valence-corrected chi connectivity index (χ1v) is 7.39. The average molecular weight is 262 g/mol. The van der Waals surface area contributed by atoms with Crippen molar-refractivity contribution in [3.8, 4) is 0 Å². The van der Waals surface area contributed by atoms with Gasteiger partial charge in [-0.1, -0.05) is 6.42 Å². The fraction of sp³-hybridized carbons (Fsp3) is 0.900. The van der Waals surface area contributed by atoms with Crippen molar-refractivity contribution >= 4 is 16.0 Å². The van der Waals surface area contributed by atoms with Gasteiger partial charge in [-0.3, -0.25) is 5.41 Å². The number of nitrogens with zero attached hydrogens (tertiary/aromatic N) is 1. The molecule has 0 aromatic rings. The highest BCUT2D eigenvalue weighted by molar-refractivity contribution is 7.87. The van der Waals surface area contributed by atoms with Gasteiger partial charge in [0.05, 0.1) is 5.84 Å². The van der Waals surface area contributed by atoms with E-state index in [0.717, 1.165) is 19.3 Å². The van der Waals surface area contributed by atoms with Crippen molar-refractivity contribution in [2.24, 2.45) is 5.73 Å². The molecule has 0 spiro atoms. The van der Waals surface area contributed by atoms with Gasteiger partial charge in [-0.15, -0.1) is 0 Å². The first-order valence-electron chi connectivity index (χ1n) is 5.95. The highest BCUT2D eigenvalue weighted by atomic mass is 32.2. The Morgan fingerprint density at radius 1 is 1.59 bits per heavy atom. The van der Waals surface area contributed by atoms with Crippen molar-refractivity contribution in [1.29, 1.82) is 5.41 Å². The van der Waals surface area contributed by atoms with Crippen molar-refractivity contribution < 1.29 is 8.42 Å². The lowest BCUT2D eigenvalue weighted by atomic mass is 10.1. The van der Waals surface area contributed by atoms with Gasteiger partial charge in [0.25, 0.3) is 10.2 Å². The van der Waals surface area contributed by atoms with Crippen LogP contribution in [0.4, 0.5) is 0 Å². The number of hydrogen-bond acceptors (Lipinski definition) is 3. The first kappa shape index (κ1) is 14.4. The van der Waals surface area contributed by atoms with Gasteiger partial charge >= 0.3 is 0 Å². The van der Waals surface area contributed by atoms with Gasteiger partial charge in [-0.25, -0.2) is 0 Å². The fourth-order valence-electron chi connectivity index (χ4n) is 2.12. The number of rotatable bonds is 5. The Balaban J connectivity index is 2.63. The van der Waals surface area contributed by atoms with E-state index in [4.69, 9.17) is 11.1 Å². The van der Waals surface area contributed by atoms with E-state index < -0.39 is 10.2 Å². The van der Waals surface area contributed by atoms with Crippen LogP contribution in [0.15, 0.2) is 0 Å². The van der Waals surface area contributed by atoms with Crippen molar-refractivity contribution in [3.63, 3.8) is 0 Å². The van der Waals surface area contributed by atoms with Crippen LogP contribution >= 0.6 is 0 Å². The summed E-state index contributed by atoms with van der Waals surface area (Å²) in [6.07, 6.45) is 3.13. The molecule has 2 unspecified atom stereocenters. The molecular weight excluding hydrogens is 240 g/mol. The van der Waals surface area contributed by atoms with Crippen molar-refractivity contribution in [1.82, 2.24) is 9.03 Å². The Bertz CT molecular complexity index is 369. The maximum atomic E-state index is 12.1. The normalized spacial score (nSPS) is 24.5. The Hall–Kier alpha value is -0.660. The van der Waals surface area contributed by atoms with E-state index in [1.165, 1.54) is 4.31 Å². The van der Waals surface area contributed by atoms with Crippen LogP contribution in [0.2, 0.25) is 0 Å². The second kappa shape index (κ2) is 5.79. The van der Waals surface area contributed by atoms with Crippen LogP contribution in [-0.2, 0) is 10.2 Å². The molecule has 1 heterocycles. The smallest absolute Gasteiger partial charge is 0.279 e. The van der Waals surface area contributed by atoms with Crippen molar-refractivity contribution in [2.75, 3.05) is 6.54 Å². The Morgan fingerprint density at radius 3 is 2.76 bits per heavy atom. The fourth-order valence-corrected chi connectivity index (χ4v) is 3.80. The van der Waals surface area contributed by atoms with Gasteiger partial charge in [-0.2, -0.15) is 17.4 Å². The molecule has 6 nitrogen and oxygen atoms in total. The van der Waals surface area contributed by atoms with Crippen LogP contribution in [0, 0.1) is 5.41 Å². The molecule has 1 aliphatic heterocycles. The SMILES string of the molecule is CC(CC(=N)N)NS(=O)(=O)N1CCCCC1C. The number of piperidine rings is 1. The number of amidine groups is 1. The molecule has 0 bridgehead atoms. The summed E-state index contributed by atoms with van der Waals surface area (Å²) in [5, 5.41) is 7.15. The molecule has 0 saturated carbocycles. The summed E-state index contributed by atoms with van der Waals surface area (Å²) in [5.74, 6) is -0.00751. The molecule has 4 N–H and O–H groups in total. The molecular formula is C10H22N4O2S. The molecule has 100 valence electrons. The number of nitrogens with two attached hydrogens (primary N) is 1. The van der Waals surface area contributed by atoms with Crippen molar-refractivity contribution in [3.05, 3.63) is 0 Å². The van der Waals surface area contributed by atoms with E-state index in [2.05, 4.69) is 4.72 Å². The van der Waals surface area contributed by atoms with Crippen molar-refractivity contribution in [2.45, 2.75) is 51.6 Å². The monoisotopic (exact) mass is 262 g/mol. The second-order valence-electron chi connectivity index (χ2n) is 4.71. The predicted octanol–water partition coefficient (Wildman–Crippen LogP) is 0.410. The maximum Gasteiger partial charge on any atom is 0.279 e. The molecule has 2 atom stereocenters. The van der Waals surface area contributed by atoms with Crippen LogP contribution in [-0.4, -0.2) is 37.2 Å². The average Bonchev–Trinajstić information content (AvgIpc) is 2.15. The molecule has 17 heavy (non-hydrogen) atoms. The molecule has 1 rings (SSSR count). The highest BCUT2D eigenvalue weighted by Crippen LogP contribution is 2.19. The summed E-state index contributed by atoms with van der Waals surface area (Å²) >= 11 is 0. The van der Waals surface area contributed by atoms with E-state index in [0.29, 0.717) is 6.54 Å². The number of nitrogens with one attached hydrogen (secondary N) is 2. The minimum Gasteiger partial charge on any atom is -0.388 e. The molecule has 1 saturated heterocycles.